The Morgan fingerprint density at radius 3 is 2.64 bits per heavy atom. The minimum atomic E-state index is 0.156. The molecule has 1 saturated carbocycles. The molecule has 0 aromatic heterocycles. The van der Waals surface area contributed by atoms with Gasteiger partial charge in [-0.1, -0.05) is 0 Å². The zero-order valence-electron chi connectivity index (χ0n) is 13.0. The third-order valence-corrected chi connectivity index (χ3v) is 5.09. The molecule has 4 nitrogen and oxygen atoms in total. The summed E-state index contributed by atoms with van der Waals surface area (Å²) in [6, 6.07) is 8.76. The van der Waals surface area contributed by atoms with Crippen molar-refractivity contribution < 1.29 is 9.53 Å². The smallest absolute Gasteiger partial charge is 0.253 e. The van der Waals surface area contributed by atoms with Gasteiger partial charge in [-0.05, 0) is 62.3 Å². The number of fused-ring (bicyclic) bond motifs is 2. The number of nitrogens with one attached hydrogen (secondary N) is 1. The van der Waals surface area contributed by atoms with Gasteiger partial charge in [0.25, 0.3) is 5.91 Å². The predicted octanol–water partition coefficient (Wildman–Crippen LogP) is 2.44. The van der Waals surface area contributed by atoms with Crippen LogP contribution in [0.25, 0.3) is 0 Å². The van der Waals surface area contributed by atoms with Crippen LogP contribution in [-0.2, 0) is 0 Å². The zero-order valence-corrected chi connectivity index (χ0v) is 13.0. The first kappa shape index (κ1) is 14.1. The van der Waals surface area contributed by atoms with E-state index in [-0.39, 0.29) is 5.91 Å². The van der Waals surface area contributed by atoms with Gasteiger partial charge < -0.3 is 15.0 Å². The van der Waals surface area contributed by atoms with E-state index < -0.39 is 0 Å². The summed E-state index contributed by atoms with van der Waals surface area (Å²) in [5, 5.41) is 3.62. The first-order valence-corrected chi connectivity index (χ1v) is 8.56. The summed E-state index contributed by atoms with van der Waals surface area (Å²) in [7, 11) is 0. The van der Waals surface area contributed by atoms with E-state index in [0.717, 1.165) is 43.3 Å². The maximum absolute atomic E-state index is 12.7. The molecular formula is C18H24N2O2. The molecule has 1 amide bonds. The summed E-state index contributed by atoms with van der Waals surface area (Å²) in [4.78, 5) is 14.7. The highest BCUT2D eigenvalue weighted by Crippen LogP contribution is 2.29. The lowest BCUT2D eigenvalue weighted by atomic mass is 10.1. The molecule has 1 aromatic carbocycles. The van der Waals surface area contributed by atoms with Gasteiger partial charge in [0.05, 0.1) is 6.61 Å². The number of amides is 1. The highest BCUT2D eigenvalue weighted by Gasteiger charge is 2.31. The van der Waals surface area contributed by atoms with E-state index in [1.807, 2.05) is 29.2 Å². The molecule has 2 bridgehead atoms. The summed E-state index contributed by atoms with van der Waals surface area (Å²) < 4.78 is 5.74. The summed E-state index contributed by atoms with van der Waals surface area (Å²) in [6.07, 6.45) is 6.12. The van der Waals surface area contributed by atoms with Gasteiger partial charge in [0, 0.05) is 30.7 Å². The average molecular weight is 300 g/mol. The number of likely N-dealkylation sites (tertiary alicyclic amines) is 1. The Balaban J connectivity index is 1.38. The van der Waals surface area contributed by atoms with E-state index in [1.165, 1.54) is 25.7 Å². The predicted molar refractivity (Wildman–Crippen MR) is 85.1 cm³/mol. The second-order valence-electron chi connectivity index (χ2n) is 6.96. The summed E-state index contributed by atoms with van der Waals surface area (Å²) in [5.41, 5.74) is 0.775. The van der Waals surface area contributed by atoms with Crippen molar-refractivity contribution in [3.63, 3.8) is 0 Å². The van der Waals surface area contributed by atoms with Crippen LogP contribution in [0.1, 0.15) is 42.5 Å². The van der Waals surface area contributed by atoms with Crippen LogP contribution >= 0.6 is 0 Å². The van der Waals surface area contributed by atoms with Gasteiger partial charge in [-0.15, -0.1) is 0 Å². The molecule has 2 atom stereocenters. The van der Waals surface area contributed by atoms with Gasteiger partial charge in [0.15, 0.2) is 0 Å². The van der Waals surface area contributed by atoms with Gasteiger partial charge in [0.2, 0.25) is 0 Å². The fourth-order valence-electron chi connectivity index (χ4n) is 3.50. The van der Waals surface area contributed by atoms with E-state index in [2.05, 4.69) is 5.32 Å². The number of benzene rings is 1. The minimum absolute atomic E-state index is 0.156. The Morgan fingerprint density at radius 1 is 1.09 bits per heavy atom. The third kappa shape index (κ3) is 3.12. The van der Waals surface area contributed by atoms with Crippen molar-refractivity contribution in [3.05, 3.63) is 29.8 Å². The normalized spacial score (nSPS) is 27.5. The van der Waals surface area contributed by atoms with E-state index >= 15 is 0 Å². The number of carbonyl (C=O) groups excluding carboxylic acids is 1. The van der Waals surface area contributed by atoms with Crippen molar-refractivity contribution in [2.24, 2.45) is 5.92 Å². The van der Waals surface area contributed by atoms with Crippen LogP contribution < -0.4 is 10.1 Å². The third-order valence-electron chi connectivity index (χ3n) is 5.09. The Bertz CT molecular complexity index is 539. The van der Waals surface area contributed by atoms with E-state index in [0.29, 0.717) is 12.1 Å². The molecule has 1 aliphatic carbocycles. The molecule has 4 rings (SSSR count). The Kier molecular flexibility index (Phi) is 3.78. The molecule has 4 heteroatoms. The van der Waals surface area contributed by atoms with Crippen LogP contribution in [-0.4, -0.2) is 42.6 Å². The number of nitrogens with zero attached hydrogens (tertiary/aromatic N) is 1. The largest absolute Gasteiger partial charge is 0.493 e. The maximum Gasteiger partial charge on any atom is 0.253 e. The average Bonchev–Trinajstić information content (AvgIpc) is 3.29. The number of ether oxygens (including phenoxy) is 1. The van der Waals surface area contributed by atoms with Crippen molar-refractivity contribution in [1.29, 1.82) is 0 Å². The standard InChI is InChI=1S/C18H24N2O2/c21-18(20-10-9-15-5-6-16(11-20)19-15)14-3-7-17(8-4-14)22-12-13-1-2-13/h3-4,7-8,13,15-16,19H,1-2,5-6,9-12H2. The first-order chi connectivity index (χ1) is 10.8. The fraction of sp³-hybridized carbons (Fsp3) is 0.611. The quantitative estimate of drug-likeness (QED) is 0.928. The maximum atomic E-state index is 12.7. The Morgan fingerprint density at radius 2 is 1.86 bits per heavy atom. The van der Waals surface area contributed by atoms with Crippen molar-refractivity contribution in [1.82, 2.24) is 10.2 Å². The molecular weight excluding hydrogens is 276 g/mol. The fourth-order valence-corrected chi connectivity index (χ4v) is 3.50. The molecule has 0 spiro atoms. The van der Waals surface area contributed by atoms with E-state index in [9.17, 15) is 4.79 Å². The zero-order chi connectivity index (χ0) is 14.9. The monoisotopic (exact) mass is 300 g/mol. The molecule has 118 valence electrons. The molecule has 1 aromatic rings. The lowest BCUT2D eigenvalue weighted by Gasteiger charge is -2.24. The molecule has 2 saturated heterocycles. The highest BCUT2D eigenvalue weighted by atomic mass is 16.5. The molecule has 0 radical (unpaired) electrons. The van der Waals surface area contributed by atoms with Crippen LogP contribution in [0.2, 0.25) is 0 Å². The summed E-state index contributed by atoms with van der Waals surface area (Å²) >= 11 is 0. The lowest BCUT2D eigenvalue weighted by molar-refractivity contribution is 0.0748. The molecule has 2 unspecified atom stereocenters. The van der Waals surface area contributed by atoms with Gasteiger partial charge in [-0.2, -0.15) is 0 Å². The van der Waals surface area contributed by atoms with Gasteiger partial charge >= 0.3 is 0 Å². The van der Waals surface area contributed by atoms with E-state index in [4.69, 9.17) is 4.74 Å². The second-order valence-corrected chi connectivity index (χ2v) is 6.96. The SMILES string of the molecule is O=C(c1ccc(OCC2CC2)cc1)N1CCC2CCC(C1)N2. The molecule has 1 N–H and O–H groups in total. The number of carbonyl (C=O) groups is 1. The van der Waals surface area contributed by atoms with Crippen molar-refractivity contribution in [3.8, 4) is 5.75 Å². The number of hydrogen-bond donors (Lipinski definition) is 1. The van der Waals surface area contributed by atoms with Crippen LogP contribution in [0.4, 0.5) is 0 Å². The molecule has 3 fully saturated rings. The van der Waals surface area contributed by atoms with Crippen LogP contribution in [0.5, 0.6) is 5.75 Å². The first-order valence-electron chi connectivity index (χ1n) is 8.56. The second kappa shape index (κ2) is 5.92. The van der Waals surface area contributed by atoms with Crippen molar-refractivity contribution >= 4 is 5.91 Å². The summed E-state index contributed by atoms with van der Waals surface area (Å²) in [5.74, 6) is 1.78. The number of rotatable bonds is 4. The van der Waals surface area contributed by atoms with Crippen molar-refractivity contribution in [2.75, 3.05) is 19.7 Å². The highest BCUT2D eigenvalue weighted by molar-refractivity contribution is 5.94. The van der Waals surface area contributed by atoms with Gasteiger partial charge in [-0.3, -0.25) is 4.79 Å². The van der Waals surface area contributed by atoms with Crippen LogP contribution in [0.3, 0.4) is 0 Å². The van der Waals surface area contributed by atoms with Crippen molar-refractivity contribution in [2.45, 2.75) is 44.2 Å². The number of hydrogen-bond acceptors (Lipinski definition) is 3. The lowest BCUT2D eigenvalue weighted by Crippen LogP contribution is -2.39. The molecule has 3 aliphatic rings. The molecule has 22 heavy (non-hydrogen) atoms. The topological polar surface area (TPSA) is 41.6 Å². The Labute approximate surface area is 131 Å². The minimum Gasteiger partial charge on any atom is -0.493 e. The summed E-state index contributed by atoms with van der Waals surface area (Å²) in [6.45, 7) is 2.52. The van der Waals surface area contributed by atoms with E-state index in [1.54, 1.807) is 0 Å². The van der Waals surface area contributed by atoms with Gasteiger partial charge in [-0.25, -0.2) is 0 Å². The molecule has 2 heterocycles. The molecule has 2 aliphatic heterocycles. The van der Waals surface area contributed by atoms with Crippen LogP contribution in [0.15, 0.2) is 24.3 Å². The Hall–Kier alpha value is -1.55. The van der Waals surface area contributed by atoms with Gasteiger partial charge in [0.1, 0.15) is 5.75 Å². The van der Waals surface area contributed by atoms with Crippen LogP contribution in [0, 0.1) is 5.92 Å².